The molecule has 21 heavy (non-hydrogen) atoms. The van der Waals surface area contributed by atoms with Gasteiger partial charge in [0, 0.05) is 0 Å². The molecule has 0 atom stereocenters. The van der Waals surface area contributed by atoms with Crippen LogP contribution in [0.4, 0.5) is 0 Å². The molecule has 3 nitrogen and oxygen atoms in total. The minimum atomic E-state index is 0.766. The fourth-order valence-corrected chi connectivity index (χ4v) is 2.00. The van der Waals surface area contributed by atoms with Gasteiger partial charge in [0.2, 0.25) is 0 Å². The van der Waals surface area contributed by atoms with E-state index in [1.807, 2.05) is 61.6 Å². The van der Waals surface area contributed by atoms with Gasteiger partial charge in [0.15, 0.2) is 0 Å². The van der Waals surface area contributed by atoms with E-state index in [1.54, 1.807) is 0 Å². The van der Waals surface area contributed by atoms with E-state index >= 15 is 0 Å². The largest absolute Gasteiger partial charge is 0.494 e. The van der Waals surface area contributed by atoms with E-state index < -0.39 is 0 Å². The van der Waals surface area contributed by atoms with Crippen LogP contribution in [0.15, 0.2) is 54.6 Å². The fraction of sp³-hybridized carbons (Fsp3) is 0.333. The van der Waals surface area contributed by atoms with Crippen LogP contribution in [0.2, 0.25) is 0 Å². The van der Waals surface area contributed by atoms with Crippen LogP contribution in [0, 0.1) is 0 Å². The van der Waals surface area contributed by atoms with E-state index in [0.29, 0.717) is 0 Å². The predicted octanol–water partition coefficient (Wildman–Crippen LogP) is 4.25. The minimum Gasteiger partial charge on any atom is -0.494 e. The molecular formula is C18H23NO2. The molecule has 0 saturated heterocycles. The lowest BCUT2D eigenvalue weighted by Crippen LogP contribution is -2.07. The van der Waals surface area contributed by atoms with E-state index in [-0.39, 0.29) is 0 Å². The molecule has 112 valence electrons. The highest BCUT2D eigenvalue weighted by Crippen LogP contribution is 2.23. The number of rotatable bonds is 9. The summed E-state index contributed by atoms with van der Waals surface area (Å²) in [4.78, 5) is 0. The Bertz CT molecular complexity index is 496. The predicted molar refractivity (Wildman–Crippen MR) is 86.2 cm³/mol. The number of benzene rings is 2. The summed E-state index contributed by atoms with van der Waals surface area (Å²) in [5, 5.41) is 3.15. The SMILES string of the molecule is CNCCCCCOc1ccc(Oc2ccccc2)cc1. The fourth-order valence-electron chi connectivity index (χ4n) is 2.00. The Balaban J connectivity index is 1.72. The standard InChI is InChI=1S/C18H23NO2/c1-19-14-6-3-7-15-20-16-10-12-18(13-11-16)21-17-8-4-2-5-9-17/h2,4-5,8-13,19H,3,6-7,14-15H2,1H3. The van der Waals surface area contributed by atoms with Gasteiger partial charge < -0.3 is 14.8 Å². The van der Waals surface area contributed by atoms with Crippen molar-refractivity contribution >= 4 is 0 Å². The number of unbranched alkanes of at least 4 members (excludes halogenated alkanes) is 2. The Hall–Kier alpha value is -2.00. The van der Waals surface area contributed by atoms with E-state index in [2.05, 4.69) is 5.32 Å². The Morgan fingerprint density at radius 2 is 1.43 bits per heavy atom. The second-order valence-electron chi connectivity index (χ2n) is 4.90. The second kappa shape index (κ2) is 9.03. The molecule has 2 aromatic rings. The van der Waals surface area contributed by atoms with Crippen molar-refractivity contribution in [2.45, 2.75) is 19.3 Å². The average molecular weight is 285 g/mol. The Labute approximate surface area is 126 Å². The van der Waals surface area contributed by atoms with Crippen LogP contribution in [0.1, 0.15) is 19.3 Å². The van der Waals surface area contributed by atoms with E-state index in [9.17, 15) is 0 Å². The average Bonchev–Trinajstić information content (AvgIpc) is 2.53. The molecule has 1 N–H and O–H groups in total. The topological polar surface area (TPSA) is 30.5 Å². The molecule has 0 fully saturated rings. The van der Waals surface area contributed by atoms with Crippen LogP contribution in [0.25, 0.3) is 0 Å². The highest BCUT2D eigenvalue weighted by molar-refractivity contribution is 5.35. The van der Waals surface area contributed by atoms with Gasteiger partial charge in [-0.25, -0.2) is 0 Å². The van der Waals surface area contributed by atoms with Crippen molar-refractivity contribution in [3.05, 3.63) is 54.6 Å². The number of hydrogen-bond donors (Lipinski definition) is 1. The summed E-state index contributed by atoms with van der Waals surface area (Å²) in [6.07, 6.45) is 3.48. The molecule has 0 spiro atoms. The van der Waals surface area contributed by atoms with Crippen molar-refractivity contribution < 1.29 is 9.47 Å². The highest BCUT2D eigenvalue weighted by atomic mass is 16.5. The molecule has 0 bridgehead atoms. The third-order valence-corrected chi connectivity index (χ3v) is 3.14. The molecule has 0 amide bonds. The Kier molecular flexibility index (Phi) is 6.62. The van der Waals surface area contributed by atoms with Gasteiger partial charge in [-0.15, -0.1) is 0 Å². The highest BCUT2D eigenvalue weighted by Gasteiger charge is 1.98. The van der Waals surface area contributed by atoms with Gasteiger partial charge in [0.05, 0.1) is 6.61 Å². The van der Waals surface area contributed by atoms with E-state index in [0.717, 1.165) is 36.8 Å². The smallest absolute Gasteiger partial charge is 0.127 e. The molecule has 0 unspecified atom stereocenters. The lowest BCUT2D eigenvalue weighted by molar-refractivity contribution is 0.304. The molecule has 0 aliphatic rings. The van der Waals surface area contributed by atoms with Crippen molar-refractivity contribution in [3.63, 3.8) is 0 Å². The Morgan fingerprint density at radius 1 is 0.762 bits per heavy atom. The maximum absolute atomic E-state index is 5.74. The van der Waals surface area contributed by atoms with Gasteiger partial charge in [-0.1, -0.05) is 18.2 Å². The number of ether oxygens (including phenoxy) is 2. The monoisotopic (exact) mass is 285 g/mol. The first-order valence-electron chi connectivity index (χ1n) is 7.49. The van der Waals surface area contributed by atoms with Gasteiger partial charge in [-0.3, -0.25) is 0 Å². The van der Waals surface area contributed by atoms with E-state index in [1.165, 1.54) is 12.8 Å². The van der Waals surface area contributed by atoms with E-state index in [4.69, 9.17) is 9.47 Å². The molecule has 3 heteroatoms. The first-order chi connectivity index (χ1) is 10.4. The third kappa shape index (κ3) is 5.88. The molecule has 0 aromatic heterocycles. The van der Waals surface area contributed by atoms with Crippen molar-refractivity contribution in [2.24, 2.45) is 0 Å². The first kappa shape index (κ1) is 15.4. The molecular weight excluding hydrogens is 262 g/mol. The van der Waals surface area contributed by atoms with Gasteiger partial charge in [-0.05, 0) is 69.3 Å². The summed E-state index contributed by atoms with van der Waals surface area (Å²) in [6.45, 7) is 1.84. The summed E-state index contributed by atoms with van der Waals surface area (Å²) in [7, 11) is 1.98. The van der Waals surface area contributed by atoms with Gasteiger partial charge >= 0.3 is 0 Å². The lowest BCUT2D eigenvalue weighted by Gasteiger charge is -2.08. The summed E-state index contributed by atoms with van der Waals surface area (Å²) in [6, 6.07) is 17.5. The van der Waals surface area contributed by atoms with Crippen molar-refractivity contribution in [1.29, 1.82) is 0 Å². The normalized spacial score (nSPS) is 10.3. The number of hydrogen-bond acceptors (Lipinski definition) is 3. The van der Waals surface area contributed by atoms with Crippen LogP contribution in [0.5, 0.6) is 17.2 Å². The minimum absolute atomic E-state index is 0.766. The zero-order chi connectivity index (χ0) is 14.8. The first-order valence-corrected chi connectivity index (χ1v) is 7.49. The zero-order valence-electron chi connectivity index (χ0n) is 12.5. The molecule has 0 aliphatic carbocycles. The molecule has 0 aliphatic heterocycles. The molecule has 2 aromatic carbocycles. The Morgan fingerprint density at radius 3 is 2.14 bits per heavy atom. The molecule has 0 heterocycles. The van der Waals surface area contributed by atoms with Crippen molar-refractivity contribution in [3.8, 4) is 17.2 Å². The molecule has 0 radical (unpaired) electrons. The van der Waals surface area contributed by atoms with Crippen molar-refractivity contribution in [2.75, 3.05) is 20.2 Å². The van der Waals surface area contributed by atoms with Gasteiger partial charge in [-0.2, -0.15) is 0 Å². The van der Waals surface area contributed by atoms with Gasteiger partial charge in [0.1, 0.15) is 17.2 Å². The lowest BCUT2D eigenvalue weighted by atomic mass is 10.2. The second-order valence-corrected chi connectivity index (χ2v) is 4.90. The van der Waals surface area contributed by atoms with Crippen molar-refractivity contribution in [1.82, 2.24) is 5.32 Å². The molecule has 2 rings (SSSR count). The van der Waals surface area contributed by atoms with Crippen LogP contribution >= 0.6 is 0 Å². The zero-order valence-corrected chi connectivity index (χ0v) is 12.5. The summed E-state index contributed by atoms with van der Waals surface area (Å²) < 4.78 is 11.5. The van der Waals surface area contributed by atoms with Crippen LogP contribution < -0.4 is 14.8 Å². The summed E-state index contributed by atoms with van der Waals surface area (Å²) in [5.74, 6) is 2.56. The van der Waals surface area contributed by atoms with Crippen LogP contribution in [-0.4, -0.2) is 20.2 Å². The summed E-state index contributed by atoms with van der Waals surface area (Å²) in [5.41, 5.74) is 0. The number of para-hydroxylation sites is 1. The quantitative estimate of drug-likeness (QED) is 0.699. The third-order valence-electron chi connectivity index (χ3n) is 3.14. The summed E-state index contributed by atoms with van der Waals surface area (Å²) >= 11 is 0. The number of nitrogens with one attached hydrogen (secondary N) is 1. The van der Waals surface area contributed by atoms with Crippen LogP contribution in [0.3, 0.4) is 0 Å². The molecule has 0 saturated carbocycles. The maximum atomic E-state index is 5.74. The van der Waals surface area contributed by atoms with Crippen LogP contribution in [-0.2, 0) is 0 Å². The van der Waals surface area contributed by atoms with Gasteiger partial charge in [0.25, 0.3) is 0 Å². The maximum Gasteiger partial charge on any atom is 0.127 e.